The second-order valence-corrected chi connectivity index (χ2v) is 8.34. The number of rotatable bonds is 5. The highest BCUT2D eigenvalue weighted by Crippen LogP contribution is 2.32. The molecule has 176 valence electrons. The summed E-state index contributed by atoms with van der Waals surface area (Å²) in [7, 11) is 1.31. The van der Waals surface area contributed by atoms with E-state index in [9.17, 15) is 26.7 Å². The van der Waals surface area contributed by atoms with Gasteiger partial charge in [0.1, 0.15) is 22.7 Å². The summed E-state index contributed by atoms with van der Waals surface area (Å²) in [5.41, 5.74) is -1.75. The predicted molar refractivity (Wildman–Crippen MR) is 110 cm³/mol. The Labute approximate surface area is 190 Å². The Kier molecular flexibility index (Phi) is 6.16. The van der Waals surface area contributed by atoms with E-state index < -0.39 is 35.8 Å². The number of aromatic nitrogens is 4. The van der Waals surface area contributed by atoms with Gasteiger partial charge in [-0.15, -0.1) is 0 Å². The monoisotopic (exact) mass is 487 g/mol. The minimum Gasteiger partial charge on any atom is -0.368 e. The normalized spacial score (nSPS) is 19.2. The number of hydrogen-bond donors (Lipinski definition) is 1. The molecule has 3 aromatic heterocycles. The van der Waals surface area contributed by atoms with Crippen molar-refractivity contribution in [3.63, 3.8) is 0 Å². The van der Waals surface area contributed by atoms with E-state index in [1.807, 2.05) is 0 Å². The van der Waals surface area contributed by atoms with Crippen molar-refractivity contribution in [3.05, 3.63) is 47.5 Å². The molecular weight excluding hydrogens is 467 g/mol. The Morgan fingerprint density at radius 1 is 1.21 bits per heavy atom. The number of anilines is 1. The highest BCUT2D eigenvalue weighted by molar-refractivity contribution is 7.44. The second kappa shape index (κ2) is 8.76. The van der Waals surface area contributed by atoms with Crippen LogP contribution in [0.5, 0.6) is 0 Å². The third-order valence-corrected chi connectivity index (χ3v) is 6.11. The summed E-state index contributed by atoms with van der Waals surface area (Å²) in [6.45, 7) is 0. The number of aryl methyl sites for hydroxylation is 1. The van der Waals surface area contributed by atoms with Crippen molar-refractivity contribution in [1.29, 1.82) is 0 Å². The Balaban J connectivity index is 1.42. The molecule has 33 heavy (non-hydrogen) atoms. The first-order valence-corrected chi connectivity index (χ1v) is 10.6. The average Bonchev–Trinajstić information content (AvgIpc) is 3.38. The second-order valence-electron chi connectivity index (χ2n) is 7.95. The Morgan fingerprint density at radius 2 is 1.91 bits per heavy atom. The Hall–Kier alpha value is -2.96. The molecule has 3 aromatic rings. The quantitative estimate of drug-likeness (QED) is 0.429. The fourth-order valence-corrected chi connectivity index (χ4v) is 4.36. The molecule has 0 unspecified atom stereocenters. The molecule has 0 aliphatic heterocycles. The van der Waals surface area contributed by atoms with E-state index in [-0.39, 0.29) is 11.7 Å². The number of nitrogens with zero attached hydrogens (tertiary/aromatic N) is 5. The maximum atomic E-state index is 13.2. The number of nitrogens with one attached hydrogen (secondary N) is 1. The number of fused-ring (bicyclic) bond motifs is 1. The van der Waals surface area contributed by atoms with Crippen molar-refractivity contribution < 1.29 is 30.7 Å². The summed E-state index contributed by atoms with van der Waals surface area (Å²) >= 11 is 5.19. The van der Waals surface area contributed by atoms with Crippen molar-refractivity contribution in [1.82, 2.24) is 19.2 Å². The van der Waals surface area contributed by atoms with Gasteiger partial charge >= 0.3 is 12.1 Å². The number of amides is 1. The lowest BCUT2D eigenvalue weighted by atomic mass is 9.91. The van der Waals surface area contributed by atoms with Crippen LogP contribution < -0.4 is 5.32 Å². The maximum Gasteiger partial charge on any atom is 0.437 e. The van der Waals surface area contributed by atoms with Crippen LogP contribution in [0.3, 0.4) is 0 Å². The molecule has 0 aromatic carbocycles. The van der Waals surface area contributed by atoms with Crippen LogP contribution >= 0.6 is 0 Å². The zero-order chi connectivity index (χ0) is 23.9. The average molecular weight is 487 g/mol. The minimum atomic E-state index is -4.76. The molecule has 13 heteroatoms. The lowest BCUT2D eigenvalue weighted by Crippen LogP contribution is -2.37. The van der Waals surface area contributed by atoms with Crippen LogP contribution in [-0.2, 0) is 25.6 Å². The third-order valence-electron chi connectivity index (χ3n) is 5.64. The first-order chi connectivity index (χ1) is 15.5. The molecule has 0 bridgehead atoms. The highest BCUT2D eigenvalue weighted by Gasteiger charge is 2.44. The summed E-state index contributed by atoms with van der Waals surface area (Å²) in [6.07, 6.45) is -2.98. The Bertz CT molecular complexity index is 1200. The largest absolute Gasteiger partial charge is 0.437 e. The van der Waals surface area contributed by atoms with Crippen molar-refractivity contribution >= 4 is 29.8 Å². The molecule has 0 spiro atoms. The van der Waals surface area contributed by atoms with E-state index in [2.05, 4.69) is 15.4 Å². The van der Waals surface area contributed by atoms with E-state index >= 15 is 0 Å². The zero-order valence-corrected chi connectivity index (χ0v) is 18.2. The van der Waals surface area contributed by atoms with Crippen LogP contribution in [0.15, 0.2) is 30.6 Å². The van der Waals surface area contributed by atoms with Gasteiger partial charge in [-0.3, -0.25) is 9.08 Å². The molecule has 1 fully saturated rings. The zero-order valence-electron chi connectivity index (χ0n) is 17.4. The van der Waals surface area contributed by atoms with Crippen molar-refractivity contribution in [3.8, 4) is 0 Å². The van der Waals surface area contributed by atoms with E-state index in [1.54, 1.807) is 22.6 Å². The number of imidazole rings is 1. The Morgan fingerprint density at radius 3 is 2.55 bits per heavy atom. The summed E-state index contributed by atoms with van der Waals surface area (Å²) in [5.74, 6) is -0.295. The molecule has 0 saturated heterocycles. The van der Waals surface area contributed by atoms with Gasteiger partial charge in [-0.2, -0.15) is 18.3 Å². The number of hydrogen-bond acceptors (Lipinski definition) is 5. The molecule has 1 saturated carbocycles. The third kappa shape index (κ3) is 4.72. The van der Waals surface area contributed by atoms with E-state index in [1.165, 1.54) is 13.2 Å². The van der Waals surface area contributed by atoms with Gasteiger partial charge in [-0.1, -0.05) is 10.0 Å². The standard InChI is InChI=1S/C20H20F5N6OS/c1-29-9-13(17(28-29)20(23,24)25)19(32)31(33)12-7-5-11(6-8-12)26-15-3-2-4-16-27-14(18(21)22)10-30(15)16/h2-4,9-12,18,26H,5-8H2,1H3/q+1/t11-,12+. The number of carbonyl (C=O) groups excluding carboxylic acids is 1. The molecule has 1 aliphatic carbocycles. The summed E-state index contributed by atoms with van der Waals surface area (Å²) in [4.78, 5) is 16.6. The van der Waals surface area contributed by atoms with Gasteiger partial charge in [-0.25, -0.2) is 18.6 Å². The van der Waals surface area contributed by atoms with Gasteiger partial charge in [-0.05, 0) is 25.0 Å². The van der Waals surface area contributed by atoms with Gasteiger partial charge in [0, 0.05) is 38.3 Å². The topological polar surface area (TPSA) is 67.2 Å². The molecule has 7 nitrogen and oxygen atoms in total. The molecule has 3 heterocycles. The van der Waals surface area contributed by atoms with E-state index in [0.717, 1.165) is 14.8 Å². The van der Waals surface area contributed by atoms with E-state index in [0.29, 0.717) is 37.1 Å². The molecule has 1 aliphatic rings. The van der Waals surface area contributed by atoms with Gasteiger partial charge in [0.05, 0.1) is 0 Å². The van der Waals surface area contributed by atoms with Crippen LogP contribution in [0.1, 0.15) is 53.9 Å². The van der Waals surface area contributed by atoms with Gasteiger partial charge in [0.15, 0.2) is 11.7 Å². The number of carbonyl (C=O) groups is 1. The predicted octanol–water partition coefficient (Wildman–Crippen LogP) is 4.33. The lowest BCUT2D eigenvalue weighted by molar-refractivity contribution is -0.448. The molecule has 1 N–H and O–H groups in total. The molecule has 0 radical (unpaired) electrons. The molecule has 1 amide bonds. The fourth-order valence-electron chi connectivity index (χ4n) is 4.06. The van der Waals surface area contributed by atoms with Crippen LogP contribution in [-0.4, -0.2) is 41.1 Å². The fraction of sp³-hybridized carbons (Fsp3) is 0.450. The summed E-state index contributed by atoms with van der Waals surface area (Å²) in [6, 6.07) is 4.66. The number of pyridine rings is 1. The van der Waals surface area contributed by atoms with Crippen molar-refractivity contribution in [2.45, 2.75) is 50.4 Å². The van der Waals surface area contributed by atoms with Crippen LogP contribution in [0, 0.1) is 0 Å². The minimum absolute atomic E-state index is 0.0214. The number of alkyl halides is 5. The lowest BCUT2D eigenvalue weighted by Gasteiger charge is -2.26. The summed E-state index contributed by atoms with van der Waals surface area (Å²) < 4.78 is 69.0. The van der Waals surface area contributed by atoms with Gasteiger partial charge in [0.25, 0.3) is 18.9 Å². The highest BCUT2D eigenvalue weighted by atomic mass is 32.1. The number of halogens is 5. The van der Waals surface area contributed by atoms with E-state index in [4.69, 9.17) is 12.4 Å². The van der Waals surface area contributed by atoms with Crippen LogP contribution in [0.25, 0.3) is 5.65 Å². The first kappa shape index (κ1) is 23.2. The first-order valence-electron chi connectivity index (χ1n) is 10.2. The van der Waals surface area contributed by atoms with Crippen molar-refractivity contribution in [2.75, 3.05) is 5.32 Å². The van der Waals surface area contributed by atoms with Crippen LogP contribution in [0.2, 0.25) is 0 Å². The molecule has 4 rings (SSSR count). The van der Waals surface area contributed by atoms with Gasteiger partial charge in [0.2, 0.25) is 0 Å². The SMILES string of the molecule is Cn1cc(C(=O)[N+](=S)[C@H]2CC[C@@H](Nc3cccc4nc(C(F)F)cn34)CC2)c(C(F)(F)F)n1. The maximum absolute atomic E-state index is 13.2. The van der Waals surface area contributed by atoms with Crippen LogP contribution in [0.4, 0.5) is 27.8 Å². The van der Waals surface area contributed by atoms with Crippen molar-refractivity contribution in [2.24, 2.45) is 7.05 Å². The smallest absolute Gasteiger partial charge is 0.368 e. The summed E-state index contributed by atoms with van der Waals surface area (Å²) in [5, 5.41) is 6.67. The van der Waals surface area contributed by atoms with Gasteiger partial charge < -0.3 is 5.32 Å². The molecular formula is C20H20F5N6OS+. The molecule has 0 atom stereocenters.